The molecule has 0 aliphatic carbocycles. The first-order chi connectivity index (χ1) is 14.4. The largest absolute Gasteiger partial charge is 0.481 e. The molecule has 9 nitrogen and oxygen atoms in total. The molecule has 0 atom stereocenters. The van der Waals surface area contributed by atoms with E-state index in [2.05, 4.69) is 32.1 Å². The van der Waals surface area contributed by atoms with Gasteiger partial charge in [-0.25, -0.2) is 15.0 Å². The Morgan fingerprint density at radius 3 is 2.73 bits per heavy atom. The number of hydrogen-bond donors (Lipinski definition) is 1. The van der Waals surface area contributed by atoms with Crippen LogP contribution < -0.4 is 4.74 Å². The smallest absolute Gasteiger partial charge is 0.243 e. The summed E-state index contributed by atoms with van der Waals surface area (Å²) in [6.45, 7) is 5.48. The predicted octanol–water partition coefficient (Wildman–Crippen LogP) is 3.61. The number of rotatable bonds is 4. The van der Waals surface area contributed by atoms with Crippen molar-refractivity contribution in [3.05, 3.63) is 52.7 Å². The zero-order valence-electron chi connectivity index (χ0n) is 16.8. The minimum absolute atomic E-state index is 0.212. The molecule has 0 aromatic carbocycles. The van der Waals surface area contributed by atoms with E-state index >= 15 is 0 Å². The van der Waals surface area contributed by atoms with Gasteiger partial charge >= 0.3 is 0 Å². The van der Waals surface area contributed by atoms with E-state index in [4.69, 9.17) is 9.15 Å². The third kappa shape index (κ3) is 3.09. The molecule has 0 aliphatic heterocycles. The molecule has 4 rings (SSSR count). The number of allylic oxidation sites excluding steroid dienone is 1. The standard InChI is InChI=1S/C21H17N7O2/c1-11-5-14(12(2)28(11)21-17(9-23)25-13(3)30-21)6-15(8-22)20-26-16-7-19(29-4)24-10-18(16)27-20/h5-7,10H,1-4H3,(H,26,27)/b15-6+. The molecular weight excluding hydrogens is 382 g/mol. The molecule has 0 saturated heterocycles. The van der Waals surface area contributed by atoms with Crippen molar-refractivity contribution in [1.82, 2.24) is 24.5 Å². The quantitative estimate of drug-likeness (QED) is 0.519. The number of nitrogens with zero attached hydrogens (tertiary/aromatic N) is 6. The van der Waals surface area contributed by atoms with E-state index in [-0.39, 0.29) is 5.69 Å². The van der Waals surface area contributed by atoms with Gasteiger partial charge in [0.25, 0.3) is 0 Å². The molecule has 0 amide bonds. The fourth-order valence-electron chi connectivity index (χ4n) is 3.33. The molecule has 0 aliphatic rings. The maximum atomic E-state index is 9.74. The van der Waals surface area contributed by atoms with Gasteiger partial charge in [-0.2, -0.15) is 10.5 Å². The van der Waals surface area contributed by atoms with Gasteiger partial charge in [-0.3, -0.25) is 4.57 Å². The van der Waals surface area contributed by atoms with Gasteiger partial charge in [0.2, 0.25) is 17.5 Å². The zero-order valence-corrected chi connectivity index (χ0v) is 16.8. The highest BCUT2D eigenvalue weighted by molar-refractivity contribution is 5.90. The SMILES string of the molecule is COc1cc2nc(/C(C#N)=C/c3cc(C)n(-c4oc(C)nc4C#N)c3C)[nH]c2cn1. The Kier molecular flexibility index (Phi) is 4.57. The van der Waals surface area contributed by atoms with Crippen LogP contribution in [0.2, 0.25) is 0 Å². The summed E-state index contributed by atoms with van der Waals surface area (Å²) < 4.78 is 12.6. The van der Waals surface area contributed by atoms with Crippen LogP contribution in [0.5, 0.6) is 5.88 Å². The first kappa shape index (κ1) is 19.0. The van der Waals surface area contributed by atoms with Crippen molar-refractivity contribution < 1.29 is 9.15 Å². The van der Waals surface area contributed by atoms with E-state index < -0.39 is 0 Å². The van der Waals surface area contributed by atoms with Gasteiger partial charge in [-0.1, -0.05) is 0 Å². The summed E-state index contributed by atoms with van der Waals surface area (Å²) in [5, 5.41) is 19.1. The molecule has 0 saturated carbocycles. The van der Waals surface area contributed by atoms with E-state index in [9.17, 15) is 10.5 Å². The first-order valence-corrected chi connectivity index (χ1v) is 9.04. The monoisotopic (exact) mass is 399 g/mol. The Morgan fingerprint density at radius 1 is 1.23 bits per heavy atom. The lowest BCUT2D eigenvalue weighted by Crippen LogP contribution is -2.00. The molecule has 1 N–H and O–H groups in total. The maximum absolute atomic E-state index is 9.74. The second-order valence-corrected chi connectivity index (χ2v) is 6.66. The van der Waals surface area contributed by atoms with Gasteiger partial charge in [-0.15, -0.1) is 0 Å². The number of aromatic amines is 1. The average Bonchev–Trinajstić information content (AvgIpc) is 3.40. The van der Waals surface area contributed by atoms with Crippen LogP contribution in [0.25, 0.3) is 28.6 Å². The highest BCUT2D eigenvalue weighted by Crippen LogP contribution is 2.27. The van der Waals surface area contributed by atoms with Crippen LogP contribution in [0.15, 0.2) is 22.7 Å². The third-order valence-corrected chi connectivity index (χ3v) is 4.72. The van der Waals surface area contributed by atoms with Gasteiger partial charge < -0.3 is 14.1 Å². The number of nitriles is 2. The highest BCUT2D eigenvalue weighted by Gasteiger charge is 2.19. The van der Waals surface area contributed by atoms with Crippen LogP contribution in [0.1, 0.15) is 34.4 Å². The van der Waals surface area contributed by atoms with Crippen molar-refractivity contribution in [1.29, 1.82) is 10.5 Å². The number of methoxy groups -OCH3 is 1. The molecule has 4 aromatic heterocycles. The van der Waals surface area contributed by atoms with Gasteiger partial charge in [0.05, 0.1) is 29.9 Å². The summed E-state index contributed by atoms with van der Waals surface area (Å²) in [6.07, 6.45) is 3.36. The summed E-state index contributed by atoms with van der Waals surface area (Å²) in [7, 11) is 1.53. The van der Waals surface area contributed by atoms with E-state index in [0.717, 1.165) is 17.0 Å². The molecule has 0 spiro atoms. The molecule has 4 aromatic rings. The normalized spacial score (nSPS) is 11.5. The molecule has 148 valence electrons. The molecule has 4 heterocycles. The summed E-state index contributed by atoms with van der Waals surface area (Å²) in [5.41, 5.74) is 4.39. The van der Waals surface area contributed by atoms with Crippen molar-refractivity contribution in [2.24, 2.45) is 0 Å². The van der Waals surface area contributed by atoms with E-state index in [1.165, 1.54) is 7.11 Å². The van der Waals surface area contributed by atoms with Gasteiger partial charge in [0.15, 0.2) is 5.89 Å². The molecule has 0 fully saturated rings. The molecule has 30 heavy (non-hydrogen) atoms. The second-order valence-electron chi connectivity index (χ2n) is 6.66. The Bertz CT molecular complexity index is 1390. The number of nitrogens with one attached hydrogen (secondary N) is 1. The fraction of sp³-hybridized carbons (Fsp3) is 0.190. The average molecular weight is 399 g/mol. The van der Waals surface area contributed by atoms with Crippen LogP contribution in [-0.4, -0.2) is 31.6 Å². The summed E-state index contributed by atoms with van der Waals surface area (Å²) in [4.78, 5) is 15.9. The Balaban J connectivity index is 1.81. The van der Waals surface area contributed by atoms with E-state index in [1.54, 1.807) is 25.3 Å². The lowest BCUT2D eigenvalue weighted by atomic mass is 10.1. The molecule has 0 bridgehead atoms. The van der Waals surface area contributed by atoms with Gasteiger partial charge in [-0.05, 0) is 31.6 Å². The van der Waals surface area contributed by atoms with Crippen molar-refractivity contribution in [2.45, 2.75) is 20.8 Å². The molecule has 9 heteroatoms. The molecular formula is C21H17N7O2. The topological polar surface area (TPSA) is 129 Å². The Hall–Kier alpha value is -4.37. The van der Waals surface area contributed by atoms with E-state index in [1.807, 2.05) is 24.5 Å². The van der Waals surface area contributed by atoms with Crippen LogP contribution in [0.4, 0.5) is 0 Å². The number of aryl methyl sites for hydroxylation is 2. The zero-order chi connectivity index (χ0) is 21.4. The number of aromatic nitrogens is 5. The number of H-pyrrole nitrogens is 1. The second kappa shape index (κ2) is 7.22. The highest BCUT2D eigenvalue weighted by atomic mass is 16.5. The van der Waals surface area contributed by atoms with Crippen molar-refractivity contribution >= 4 is 22.7 Å². The van der Waals surface area contributed by atoms with Crippen LogP contribution >= 0.6 is 0 Å². The number of ether oxygens (including phenoxy) is 1. The number of hydrogen-bond acceptors (Lipinski definition) is 7. The predicted molar refractivity (Wildman–Crippen MR) is 109 cm³/mol. The van der Waals surface area contributed by atoms with Crippen molar-refractivity contribution in [3.63, 3.8) is 0 Å². The third-order valence-electron chi connectivity index (χ3n) is 4.72. The number of oxazole rings is 1. The van der Waals surface area contributed by atoms with Gasteiger partial charge in [0.1, 0.15) is 18.0 Å². The molecule has 0 radical (unpaired) electrons. The van der Waals surface area contributed by atoms with Crippen molar-refractivity contribution in [2.75, 3.05) is 7.11 Å². The number of imidazole rings is 1. The Morgan fingerprint density at radius 2 is 2.03 bits per heavy atom. The lowest BCUT2D eigenvalue weighted by molar-refractivity contribution is 0.398. The van der Waals surface area contributed by atoms with Crippen molar-refractivity contribution in [3.8, 4) is 23.9 Å². The fourth-order valence-corrected chi connectivity index (χ4v) is 3.33. The van der Waals surface area contributed by atoms with Gasteiger partial charge in [0, 0.05) is 24.4 Å². The van der Waals surface area contributed by atoms with Crippen LogP contribution in [-0.2, 0) is 0 Å². The minimum Gasteiger partial charge on any atom is -0.481 e. The summed E-state index contributed by atoms with van der Waals surface area (Å²) >= 11 is 0. The summed E-state index contributed by atoms with van der Waals surface area (Å²) in [6, 6.07) is 7.87. The minimum atomic E-state index is 0.212. The summed E-state index contributed by atoms with van der Waals surface area (Å²) in [5.74, 6) is 1.66. The van der Waals surface area contributed by atoms with Crippen LogP contribution in [0, 0.1) is 43.4 Å². The Labute approximate surface area is 171 Å². The van der Waals surface area contributed by atoms with Crippen LogP contribution in [0.3, 0.4) is 0 Å². The number of pyridine rings is 1. The molecule has 0 unspecified atom stereocenters. The lowest BCUT2D eigenvalue weighted by Gasteiger charge is -2.05. The number of fused-ring (bicyclic) bond motifs is 1. The maximum Gasteiger partial charge on any atom is 0.243 e. The van der Waals surface area contributed by atoms with E-state index in [0.29, 0.717) is 40.1 Å². The first-order valence-electron chi connectivity index (χ1n) is 9.04.